The normalized spacial score (nSPS) is 21.7. The summed E-state index contributed by atoms with van der Waals surface area (Å²) in [5.74, 6) is 0.0424. The Morgan fingerprint density at radius 2 is 1.65 bits per heavy atom. The zero-order chi connectivity index (χ0) is 13.9. The van der Waals surface area contributed by atoms with Crippen LogP contribution in [0.5, 0.6) is 0 Å². The fourth-order valence-corrected chi connectivity index (χ4v) is 4.28. The van der Waals surface area contributed by atoms with Gasteiger partial charge in [0.15, 0.2) is 0 Å². The third kappa shape index (κ3) is 6.52. The van der Waals surface area contributed by atoms with Gasteiger partial charge in [0.1, 0.15) is 0 Å². The minimum absolute atomic E-state index is 0.0424. The first-order valence-corrected chi connectivity index (χ1v) is 7.48. The minimum atomic E-state index is -0.417. The maximum atomic E-state index is 6.50. The molecule has 0 saturated heterocycles. The predicted molar refractivity (Wildman–Crippen MR) is 80.5 cm³/mol. The summed E-state index contributed by atoms with van der Waals surface area (Å²) in [7, 11) is 0. The summed E-state index contributed by atoms with van der Waals surface area (Å²) in [6, 6.07) is -0.0425. The average molecular weight is 303 g/mol. The van der Waals surface area contributed by atoms with Crippen molar-refractivity contribution in [3.8, 4) is 0 Å². The Labute approximate surface area is 121 Å². The van der Waals surface area contributed by atoms with Crippen molar-refractivity contribution in [3.05, 3.63) is 0 Å². The number of halogens is 3. The van der Waals surface area contributed by atoms with Crippen molar-refractivity contribution in [2.24, 2.45) is 11.7 Å². The monoisotopic (exact) mass is 301 g/mol. The van der Waals surface area contributed by atoms with Crippen LogP contribution in [0.1, 0.15) is 53.9 Å². The summed E-state index contributed by atoms with van der Waals surface area (Å²) in [5, 5.41) is -0.100. The van der Waals surface area contributed by atoms with Crippen LogP contribution in [0.2, 0.25) is 0 Å². The third-order valence-electron chi connectivity index (χ3n) is 3.14. The highest BCUT2D eigenvalue weighted by Gasteiger charge is 2.38. The van der Waals surface area contributed by atoms with Crippen molar-refractivity contribution < 1.29 is 0 Å². The second-order valence-corrected chi connectivity index (χ2v) is 8.28. The highest BCUT2D eigenvalue weighted by molar-refractivity contribution is 6.27. The van der Waals surface area contributed by atoms with Gasteiger partial charge < -0.3 is 5.73 Å². The van der Waals surface area contributed by atoms with Gasteiger partial charge >= 0.3 is 0 Å². The van der Waals surface area contributed by atoms with Gasteiger partial charge in [0.25, 0.3) is 0 Å². The van der Waals surface area contributed by atoms with Gasteiger partial charge in [-0.05, 0) is 40.5 Å². The summed E-state index contributed by atoms with van der Waals surface area (Å²) in [6.45, 7) is 10.0. The first kappa shape index (κ1) is 17.8. The topological polar surface area (TPSA) is 26.0 Å². The molecule has 0 aromatic heterocycles. The molecular weight excluding hydrogens is 277 g/mol. The first-order chi connectivity index (χ1) is 7.51. The summed E-state index contributed by atoms with van der Waals surface area (Å²) < 4.78 is 0. The fraction of sp³-hybridized carbons (Fsp3) is 1.00. The lowest BCUT2D eigenvalue weighted by atomic mass is 9.82. The van der Waals surface area contributed by atoms with Crippen molar-refractivity contribution >= 4 is 34.8 Å². The molecule has 2 N–H and O–H groups in total. The molecule has 0 aromatic rings. The highest BCUT2D eigenvalue weighted by Crippen LogP contribution is 2.38. The van der Waals surface area contributed by atoms with Gasteiger partial charge in [-0.1, -0.05) is 13.3 Å². The van der Waals surface area contributed by atoms with Crippen LogP contribution >= 0.6 is 34.8 Å². The molecule has 0 rings (SSSR count). The average Bonchev–Trinajstić information content (AvgIpc) is 1.96. The van der Waals surface area contributed by atoms with Crippen LogP contribution in [-0.4, -0.2) is 21.2 Å². The Balaban J connectivity index is 4.70. The quantitative estimate of drug-likeness (QED) is 0.674. The SMILES string of the molecule is CCCC(C)(Cl)CC(Cl)C(C(C)N)C(C)(C)Cl. The van der Waals surface area contributed by atoms with E-state index < -0.39 is 4.87 Å². The van der Waals surface area contributed by atoms with Crippen LogP contribution < -0.4 is 5.73 Å². The standard InChI is InChI=1S/C13H26Cl3N/c1-6-7-13(5,16)8-10(14)11(9(2)17)12(3,4)15/h9-11H,6-8,17H2,1-5H3. The van der Waals surface area contributed by atoms with E-state index in [0.29, 0.717) is 0 Å². The van der Waals surface area contributed by atoms with E-state index in [1.165, 1.54) is 0 Å². The Morgan fingerprint density at radius 1 is 1.18 bits per heavy atom. The van der Waals surface area contributed by atoms with Crippen molar-refractivity contribution in [1.82, 2.24) is 0 Å². The van der Waals surface area contributed by atoms with Gasteiger partial charge in [-0.15, -0.1) is 34.8 Å². The largest absolute Gasteiger partial charge is 0.328 e. The molecule has 0 aliphatic rings. The molecule has 4 heteroatoms. The molecule has 0 amide bonds. The van der Waals surface area contributed by atoms with Crippen LogP contribution in [0.4, 0.5) is 0 Å². The third-order valence-corrected chi connectivity index (χ3v) is 4.16. The lowest BCUT2D eigenvalue weighted by molar-refractivity contribution is 0.315. The Bertz CT molecular complexity index is 221. The number of hydrogen-bond acceptors (Lipinski definition) is 1. The van der Waals surface area contributed by atoms with Gasteiger partial charge in [-0.3, -0.25) is 0 Å². The van der Waals surface area contributed by atoms with E-state index >= 15 is 0 Å². The number of rotatable bonds is 7. The summed E-state index contributed by atoms with van der Waals surface area (Å²) in [5.41, 5.74) is 6.00. The first-order valence-electron chi connectivity index (χ1n) is 6.28. The molecule has 0 aliphatic heterocycles. The molecule has 0 radical (unpaired) electrons. The zero-order valence-corrected chi connectivity index (χ0v) is 13.8. The molecule has 4 unspecified atom stereocenters. The van der Waals surface area contributed by atoms with E-state index in [9.17, 15) is 0 Å². The molecule has 0 aliphatic carbocycles. The molecule has 17 heavy (non-hydrogen) atoms. The molecule has 0 bridgehead atoms. The van der Waals surface area contributed by atoms with Crippen molar-refractivity contribution in [2.45, 2.75) is 75.0 Å². The van der Waals surface area contributed by atoms with E-state index in [2.05, 4.69) is 6.92 Å². The second kappa shape index (κ2) is 6.84. The van der Waals surface area contributed by atoms with E-state index in [-0.39, 0.29) is 22.2 Å². The van der Waals surface area contributed by atoms with Crippen LogP contribution in [0, 0.1) is 5.92 Å². The fourth-order valence-electron chi connectivity index (χ4n) is 2.54. The molecule has 1 nitrogen and oxygen atoms in total. The van der Waals surface area contributed by atoms with Crippen molar-refractivity contribution in [2.75, 3.05) is 0 Å². The molecule has 0 heterocycles. The summed E-state index contributed by atoms with van der Waals surface area (Å²) in [4.78, 5) is -0.684. The molecule has 4 atom stereocenters. The highest BCUT2D eigenvalue weighted by atomic mass is 35.5. The van der Waals surface area contributed by atoms with E-state index in [1.807, 2.05) is 27.7 Å². The predicted octanol–water partition coefficient (Wildman–Crippen LogP) is 4.76. The number of nitrogens with two attached hydrogens (primary N) is 1. The van der Waals surface area contributed by atoms with Crippen molar-refractivity contribution in [1.29, 1.82) is 0 Å². The van der Waals surface area contributed by atoms with Gasteiger partial charge in [0.05, 0.1) is 0 Å². The lowest BCUT2D eigenvalue weighted by Crippen LogP contribution is -2.46. The van der Waals surface area contributed by atoms with E-state index in [1.54, 1.807) is 0 Å². The Kier molecular flexibility index (Phi) is 7.17. The second-order valence-electron chi connectivity index (χ2n) is 5.83. The zero-order valence-electron chi connectivity index (χ0n) is 11.6. The molecular formula is C13H26Cl3N. The lowest BCUT2D eigenvalue weighted by Gasteiger charge is -2.37. The molecule has 104 valence electrons. The minimum Gasteiger partial charge on any atom is -0.328 e. The number of alkyl halides is 3. The van der Waals surface area contributed by atoms with Gasteiger partial charge in [0, 0.05) is 27.1 Å². The van der Waals surface area contributed by atoms with Gasteiger partial charge in [0.2, 0.25) is 0 Å². The van der Waals surface area contributed by atoms with E-state index in [0.717, 1.165) is 19.3 Å². The molecule has 0 fully saturated rings. The summed E-state index contributed by atoms with van der Waals surface area (Å²) in [6.07, 6.45) is 2.73. The maximum absolute atomic E-state index is 6.50. The van der Waals surface area contributed by atoms with Crippen LogP contribution in [-0.2, 0) is 0 Å². The molecule has 0 spiro atoms. The number of hydrogen-bond donors (Lipinski definition) is 1. The van der Waals surface area contributed by atoms with Gasteiger partial charge in [-0.25, -0.2) is 0 Å². The molecule has 0 saturated carbocycles. The Morgan fingerprint density at radius 3 is 1.94 bits per heavy atom. The van der Waals surface area contributed by atoms with Crippen LogP contribution in [0.15, 0.2) is 0 Å². The maximum Gasteiger partial charge on any atom is 0.0447 e. The van der Waals surface area contributed by atoms with Crippen LogP contribution in [0.3, 0.4) is 0 Å². The molecule has 0 aromatic carbocycles. The van der Waals surface area contributed by atoms with Gasteiger partial charge in [-0.2, -0.15) is 0 Å². The van der Waals surface area contributed by atoms with E-state index in [4.69, 9.17) is 40.5 Å². The van der Waals surface area contributed by atoms with Crippen molar-refractivity contribution in [3.63, 3.8) is 0 Å². The van der Waals surface area contributed by atoms with Crippen LogP contribution in [0.25, 0.3) is 0 Å². The smallest absolute Gasteiger partial charge is 0.0447 e. The summed E-state index contributed by atoms with van der Waals surface area (Å²) >= 11 is 19.3. The Hall–Kier alpha value is 0.830.